The molecule has 3 aromatic rings. The Morgan fingerprint density at radius 3 is 2.57 bits per heavy atom. The standard InChI is InChI=1S/C22H24N4O2/c1-24-18-10-6-5-9-17(18)23-20(24)14-25-12-16-19(13-25)26(22(28)21(16)27)11-15-7-3-2-4-8-15/h2-10,16,19,21,27H,11-14H2,1H3/t16-,19+,21-/m0/s1. The van der Waals surface area contributed by atoms with Crippen LogP contribution >= 0.6 is 0 Å². The summed E-state index contributed by atoms with van der Waals surface area (Å²) in [4.78, 5) is 21.5. The zero-order valence-electron chi connectivity index (χ0n) is 15.9. The minimum absolute atomic E-state index is 0.0362. The first-order valence-corrected chi connectivity index (χ1v) is 9.77. The first kappa shape index (κ1) is 17.4. The Labute approximate surface area is 164 Å². The summed E-state index contributed by atoms with van der Waals surface area (Å²) >= 11 is 0. The first-order chi connectivity index (χ1) is 13.6. The molecule has 0 aliphatic carbocycles. The maximum atomic E-state index is 12.6. The molecule has 2 aromatic carbocycles. The lowest BCUT2D eigenvalue weighted by atomic mass is 10.0. The third-order valence-electron chi connectivity index (χ3n) is 6.19. The zero-order valence-corrected chi connectivity index (χ0v) is 15.9. The lowest BCUT2D eigenvalue weighted by Crippen LogP contribution is -2.38. The molecule has 3 atom stereocenters. The molecule has 0 saturated carbocycles. The van der Waals surface area contributed by atoms with Crippen LogP contribution in [0.2, 0.25) is 0 Å². The fraction of sp³-hybridized carbons (Fsp3) is 0.364. The number of rotatable bonds is 4. The van der Waals surface area contributed by atoms with Gasteiger partial charge in [-0.2, -0.15) is 0 Å². The maximum Gasteiger partial charge on any atom is 0.252 e. The number of imidazole rings is 1. The van der Waals surface area contributed by atoms with Gasteiger partial charge in [0, 0.05) is 32.6 Å². The molecule has 5 rings (SSSR count). The summed E-state index contributed by atoms with van der Waals surface area (Å²) in [5.41, 5.74) is 3.22. The average Bonchev–Trinajstić information content (AvgIpc) is 3.33. The maximum absolute atomic E-state index is 12.6. The highest BCUT2D eigenvalue weighted by molar-refractivity contribution is 5.84. The topological polar surface area (TPSA) is 61.6 Å². The largest absolute Gasteiger partial charge is 0.383 e. The van der Waals surface area contributed by atoms with E-state index in [1.165, 1.54) is 0 Å². The number of aryl methyl sites for hydroxylation is 1. The van der Waals surface area contributed by atoms with Gasteiger partial charge in [-0.25, -0.2) is 4.98 Å². The van der Waals surface area contributed by atoms with Crippen molar-refractivity contribution < 1.29 is 9.90 Å². The highest BCUT2D eigenvalue weighted by atomic mass is 16.3. The van der Waals surface area contributed by atoms with Crippen LogP contribution in [0.5, 0.6) is 0 Å². The van der Waals surface area contributed by atoms with Crippen molar-refractivity contribution in [2.75, 3.05) is 13.1 Å². The summed E-state index contributed by atoms with van der Waals surface area (Å²) in [7, 11) is 2.04. The molecule has 2 fully saturated rings. The molecule has 1 amide bonds. The number of nitrogens with zero attached hydrogens (tertiary/aromatic N) is 4. The summed E-state index contributed by atoms with van der Waals surface area (Å²) in [6, 6.07) is 18.2. The van der Waals surface area contributed by atoms with Gasteiger partial charge in [0.15, 0.2) is 0 Å². The third kappa shape index (κ3) is 2.80. The quantitative estimate of drug-likeness (QED) is 0.754. The molecule has 1 aromatic heterocycles. The number of carbonyl (C=O) groups excluding carboxylic acids is 1. The smallest absolute Gasteiger partial charge is 0.252 e. The SMILES string of the molecule is Cn1c(CN2C[C@@H]3[C@H](O)C(=O)N(Cc4ccccc4)[C@@H]3C2)nc2ccccc21. The van der Waals surface area contributed by atoms with E-state index in [-0.39, 0.29) is 17.9 Å². The number of amides is 1. The minimum atomic E-state index is -0.904. The van der Waals surface area contributed by atoms with Gasteiger partial charge in [0.25, 0.3) is 5.91 Å². The zero-order chi connectivity index (χ0) is 19.3. The van der Waals surface area contributed by atoms with Gasteiger partial charge in [-0.05, 0) is 17.7 Å². The van der Waals surface area contributed by atoms with Crippen molar-refractivity contribution in [3.05, 3.63) is 66.0 Å². The van der Waals surface area contributed by atoms with Crippen LogP contribution in [0.15, 0.2) is 54.6 Å². The van der Waals surface area contributed by atoms with Gasteiger partial charge in [0.05, 0.1) is 23.6 Å². The lowest BCUT2D eigenvalue weighted by molar-refractivity contribution is -0.136. The second-order valence-electron chi connectivity index (χ2n) is 7.90. The van der Waals surface area contributed by atoms with E-state index in [1.807, 2.05) is 60.5 Å². The Bertz CT molecular complexity index is 1020. The monoisotopic (exact) mass is 376 g/mol. The Hall–Kier alpha value is -2.70. The van der Waals surface area contributed by atoms with Crippen molar-refractivity contribution in [1.29, 1.82) is 0 Å². The molecule has 0 bridgehead atoms. The molecular formula is C22H24N4O2. The van der Waals surface area contributed by atoms with Gasteiger partial charge in [-0.15, -0.1) is 0 Å². The van der Waals surface area contributed by atoms with Crippen molar-refractivity contribution in [3.63, 3.8) is 0 Å². The van der Waals surface area contributed by atoms with Crippen molar-refractivity contribution in [2.24, 2.45) is 13.0 Å². The lowest BCUT2D eigenvalue weighted by Gasteiger charge is -2.25. The Balaban J connectivity index is 1.35. The van der Waals surface area contributed by atoms with Crippen LogP contribution in [0, 0.1) is 5.92 Å². The van der Waals surface area contributed by atoms with E-state index in [4.69, 9.17) is 4.98 Å². The van der Waals surface area contributed by atoms with Gasteiger partial charge in [-0.3, -0.25) is 9.69 Å². The molecule has 2 aliphatic heterocycles. The Kier molecular flexibility index (Phi) is 4.18. The number of fused-ring (bicyclic) bond motifs is 2. The molecular weight excluding hydrogens is 352 g/mol. The number of carbonyl (C=O) groups is 1. The molecule has 6 nitrogen and oxygen atoms in total. The predicted octanol–water partition coefficient (Wildman–Crippen LogP) is 1.78. The Morgan fingerprint density at radius 2 is 1.79 bits per heavy atom. The fourth-order valence-electron chi connectivity index (χ4n) is 4.69. The van der Waals surface area contributed by atoms with E-state index in [0.717, 1.165) is 35.5 Å². The van der Waals surface area contributed by atoms with E-state index in [1.54, 1.807) is 0 Å². The number of aromatic nitrogens is 2. The highest BCUT2D eigenvalue weighted by Crippen LogP contribution is 2.34. The fourth-order valence-corrected chi connectivity index (χ4v) is 4.69. The number of likely N-dealkylation sites (tertiary alicyclic amines) is 2. The van der Waals surface area contributed by atoms with E-state index >= 15 is 0 Å². The molecule has 1 N–H and O–H groups in total. The average molecular weight is 376 g/mol. The third-order valence-corrected chi connectivity index (χ3v) is 6.19. The van der Waals surface area contributed by atoms with Crippen LogP contribution in [-0.4, -0.2) is 55.6 Å². The summed E-state index contributed by atoms with van der Waals surface area (Å²) < 4.78 is 2.13. The van der Waals surface area contributed by atoms with E-state index in [0.29, 0.717) is 13.1 Å². The van der Waals surface area contributed by atoms with Crippen molar-refractivity contribution >= 4 is 16.9 Å². The number of benzene rings is 2. The van der Waals surface area contributed by atoms with Gasteiger partial charge in [-0.1, -0.05) is 42.5 Å². The van der Waals surface area contributed by atoms with Crippen LogP contribution in [0.25, 0.3) is 11.0 Å². The summed E-state index contributed by atoms with van der Waals surface area (Å²) in [6.45, 7) is 2.76. The molecule has 3 heterocycles. The van der Waals surface area contributed by atoms with Crippen molar-refractivity contribution in [1.82, 2.24) is 19.4 Å². The van der Waals surface area contributed by atoms with Gasteiger partial charge in [0.2, 0.25) is 0 Å². The molecule has 0 radical (unpaired) electrons. The number of aliphatic hydroxyl groups excluding tert-OH is 1. The predicted molar refractivity (Wildman–Crippen MR) is 106 cm³/mol. The van der Waals surface area contributed by atoms with Crippen LogP contribution < -0.4 is 0 Å². The second-order valence-corrected chi connectivity index (χ2v) is 7.90. The molecule has 144 valence electrons. The molecule has 0 spiro atoms. The number of hydrogen-bond donors (Lipinski definition) is 1. The number of para-hydroxylation sites is 2. The number of hydrogen-bond acceptors (Lipinski definition) is 4. The molecule has 6 heteroatoms. The van der Waals surface area contributed by atoms with Crippen LogP contribution in [0.4, 0.5) is 0 Å². The normalized spacial score (nSPS) is 25.0. The molecule has 0 unspecified atom stereocenters. The second kappa shape index (κ2) is 6.72. The van der Waals surface area contributed by atoms with Crippen molar-refractivity contribution in [2.45, 2.75) is 25.2 Å². The van der Waals surface area contributed by atoms with Gasteiger partial charge < -0.3 is 14.6 Å². The minimum Gasteiger partial charge on any atom is -0.383 e. The van der Waals surface area contributed by atoms with E-state index in [2.05, 4.69) is 15.5 Å². The summed E-state index contributed by atoms with van der Waals surface area (Å²) in [5, 5.41) is 10.5. The molecule has 28 heavy (non-hydrogen) atoms. The van der Waals surface area contributed by atoms with Gasteiger partial charge in [0.1, 0.15) is 11.9 Å². The highest BCUT2D eigenvalue weighted by Gasteiger charge is 2.51. The van der Waals surface area contributed by atoms with E-state index in [9.17, 15) is 9.90 Å². The van der Waals surface area contributed by atoms with Crippen LogP contribution in [0.3, 0.4) is 0 Å². The van der Waals surface area contributed by atoms with Crippen LogP contribution in [-0.2, 0) is 24.9 Å². The Morgan fingerprint density at radius 1 is 1.04 bits per heavy atom. The van der Waals surface area contributed by atoms with E-state index < -0.39 is 6.10 Å². The molecule has 2 aliphatic rings. The summed E-state index contributed by atoms with van der Waals surface area (Å²) in [5.74, 6) is 0.837. The van der Waals surface area contributed by atoms with Crippen molar-refractivity contribution in [3.8, 4) is 0 Å². The van der Waals surface area contributed by atoms with Gasteiger partial charge >= 0.3 is 0 Å². The first-order valence-electron chi connectivity index (χ1n) is 9.77. The van der Waals surface area contributed by atoms with Crippen LogP contribution in [0.1, 0.15) is 11.4 Å². The summed E-state index contributed by atoms with van der Waals surface area (Å²) in [6.07, 6.45) is -0.904. The molecule has 2 saturated heterocycles. The number of aliphatic hydroxyl groups is 1.